The van der Waals surface area contributed by atoms with E-state index in [0.29, 0.717) is 22.9 Å². The van der Waals surface area contributed by atoms with E-state index in [9.17, 15) is 14.4 Å². The molecule has 0 spiro atoms. The van der Waals surface area contributed by atoms with Crippen molar-refractivity contribution >= 4 is 29.0 Å². The molecule has 1 N–H and O–H groups in total. The third-order valence-electron chi connectivity index (χ3n) is 4.11. The van der Waals surface area contributed by atoms with Crippen LogP contribution in [-0.2, 0) is 9.59 Å². The summed E-state index contributed by atoms with van der Waals surface area (Å²) in [6.07, 6.45) is 0. The maximum absolute atomic E-state index is 12.4. The van der Waals surface area contributed by atoms with Crippen LogP contribution >= 0.6 is 0 Å². The minimum Gasteiger partial charge on any atom is -0.325 e. The molecule has 0 heterocycles. The molecule has 0 atom stereocenters. The summed E-state index contributed by atoms with van der Waals surface area (Å²) in [6, 6.07) is 14.3. The summed E-state index contributed by atoms with van der Waals surface area (Å²) in [5.41, 5.74) is 2.89. The van der Waals surface area contributed by atoms with Gasteiger partial charge in [-0.15, -0.1) is 0 Å². The number of hydrogen-bond acceptors (Lipinski definition) is 3. The molecule has 0 fully saturated rings. The molecule has 0 unspecified atom stereocenters. The Hall–Kier alpha value is -2.95. The molecule has 0 radical (unpaired) electrons. The van der Waals surface area contributed by atoms with Crippen molar-refractivity contribution in [3.8, 4) is 0 Å². The number of carbonyl (C=O) groups excluding carboxylic acids is 3. The van der Waals surface area contributed by atoms with Gasteiger partial charge in [-0.2, -0.15) is 0 Å². The predicted molar refractivity (Wildman–Crippen MR) is 104 cm³/mol. The standard InChI is InChI=1S/C21H24N2O3/c1-14(2)17-8-10-19(11-9-17)22-21(26)13-23(16(4)25)20-7-5-6-18(12-20)15(3)24/h5-12,14H,13H2,1-4H3,(H,22,26). The first kappa shape index (κ1) is 19.4. The van der Waals surface area contributed by atoms with Crippen LogP contribution in [0.3, 0.4) is 0 Å². The molecule has 2 aromatic rings. The lowest BCUT2D eigenvalue weighted by atomic mass is 10.0. The molecular weight excluding hydrogens is 328 g/mol. The molecule has 0 aliphatic heterocycles. The SMILES string of the molecule is CC(=O)c1cccc(N(CC(=O)Nc2ccc(C(C)C)cc2)C(C)=O)c1. The number of ketones is 1. The minimum atomic E-state index is -0.300. The van der Waals surface area contributed by atoms with Gasteiger partial charge in [-0.25, -0.2) is 0 Å². The van der Waals surface area contributed by atoms with E-state index < -0.39 is 0 Å². The number of benzene rings is 2. The Kier molecular flexibility index (Phi) is 6.28. The second-order valence-electron chi connectivity index (χ2n) is 6.54. The fraction of sp³-hybridized carbons (Fsp3) is 0.286. The number of carbonyl (C=O) groups is 3. The molecule has 5 heteroatoms. The number of amides is 2. The summed E-state index contributed by atoms with van der Waals surface area (Å²) in [5.74, 6) is -0.242. The molecular formula is C21H24N2O3. The van der Waals surface area contributed by atoms with Crippen molar-refractivity contribution in [2.45, 2.75) is 33.6 Å². The van der Waals surface area contributed by atoms with Gasteiger partial charge in [0.2, 0.25) is 11.8 Å². The van der Waals surface area contributed by atoms with E-state index in [0.717, 1.165) is 0 Å². The van der Waals surface area contributed by atoms with Crippen LogP contribution in [0.15, 0.2) is 48.5 Å². The van der Waals surface area contributed by atoms with Crippen LogP contribution in [0.1, 0.15) is 49.5 Å². The Morgan fingerprint density at radius 2 is 1.65 bits per heavy atom. The summed E-state index contributed by atoms with van der Waals surface area (Å²) in [4.78, 5) is 37.3. The van der Waals surface area contributed by atoms with Crippen molar-refractivity contribution in [1.82, 2.24) is 0 Å². The molecule has 0 aliphatic rings. The van der Waals surface area contributed by atoms with Crippen LogP contribution in [0.2, 0.25) is 0 Å². The Balaban J connectivity index is 2.12. The van der Waals surface area contributed by atoms with Gasteiger partial charge >= 0.3 is 0 Å². The van der Waals surface area contributed by atoms with E-state index in [1.807, 2.05) is 24.3 Å². The van der Waals surface area contributed by atoms with Crippen molar-refractivity contribution in [3.05, 3.63) is 59.7 Å². The van der Waals surface area contributed by atoms with Gasteiger partial charge in [-0.05, 0) is 42.7 Å². The first-order valence-corrected chi connectivity index (χ1v) is 8.57. The van der Waals surface area contributed by atoms with Crippen LogP contribution in [0.25, 0.3) is 0 Å². The third-order valence-corrected chi connectivity index (χ3v) is 4.11. The largest absolute Gasteiger partial charge is 0.325 e. The molecule has 26 heavy (non-hydrogen) atoms. The average Bonchev–Trinajstić information content (AvgIpc) is 2.60. The minimum absolute atomic E-state index is 0.0926. The Labute approximate surface area is 154 Å². The summed E-state index contributed by atoms with van der Waals surface area (Å²) in [7, 11) is 0. The van der Waals surface area contributed by atoms with E-state index in [4.69, 9.17) is 0 Å². The normalized spacial score (nSPS) is 10.5. The maximum atomic E-state index is 12.4. The zero-order valence-electron chi connectivity index (χ0n) is 15.6. The van der Waals surface area contributed by atoms with Crippen LogP contribution < -0.4 is 10.2 Å². The number of hydrogen-bond donors (Lipinski definition) is 1. The van der Waals surface area contributed by atoms with Crippen molar-refractivity contribution in [3.63, 3.8) is 0 Å². The van der Waals surface area contributed by atoms with Crippen molar-refractivity contribution in [2.75, 3.05) is 16.8 Å². The average molecular weight is 352 g/mol. The Morgan fingerprint density at radius 3 is 2.19 bits per heavy atom. The zero-order chi connectivity index (χ0) is 19.3. The van der Waals surface area contributed by atoms with E-state index in [1.54, 1.807) is 24.3 Å². The number of nitrogens with one attached hydrogen (secondary N) is 1. The number of nitrogens with zero attached hydrogens (tertiary/aromatic N) is 1. The fourth-order valence-electron chi connectivity index (χ4n) is 2.57. The number of anilines is 2. The van der Waals surface area contributed by atoms with Gasteiger partial charge in [0.05, 0.1) is 0 Å². The highest BCUT2D eigenvalue weighted by Crippen LogP contribution is 2.19. The highest BCUT2D eigenvalue weighted by atomic mass is 16.2. The van der Waals surface area contributed by atoms with E-state index >= 15 is 0 Å². The quantitative estimate of drug-likeness (QED) is 0.799. The lowest BCUT2D eigenvalue weighted by Gasteiger charge is -2.21. The lowest BCUT2D eigenvalue weighted by molar-refractivity contribution is -0.120. The highest BCUT2D eigenvalue weighted by molar-refractivity contribution is 6.03. The number of Topliss-reactive ketones (excluding diaryl/α,β-unsaturated/α-hetero) is 1. The van der Waals surface area contributed by atoms with Crippen LogP contribution in [-0.4, -0.2) is 24.1 Å². The summed E-state index contributed by atoms with van der Waals surface area (Å²) >= 11 is 0. The van der Waals surface area contributed by atoms with Crippen LogP contribution in [0.5, 0.6) is 0 Å². The summed E-state index contributed by atoms with van der Waals surface area (Å²) < 4.78 is 0. The monoisotopic (exact) mass is 352 g/mol. The molecule has 2 amide bonds. The predicted octanol–water partition coefficient (Wildman–Crippen LogP) is 4.00. The van der Waals surface area contributed by atoms with Crippen LogP contribution in [0, 0.1) is 0 Å². The lowest BCUT2D eigenvalue weighted by Crippen LogP contribution is -2.36. The highest BCUT2D eigenvalue weighted by Gasteiger charge is 2.17. The number of rotatable bonds is 6. The molecule has 0 aromatic heterocycles. The van der Waals surface area contributed by atoms with Crippen molar-refractivity contribution < 1.29 is 14.4 Å². The third kappa shape index (κ3) is 5.02. The smallest absolute Gasteiger partial charge is 0.244 e. The maximum Gasteiger partial charge on any atom is 0.244 e. The van der Waals surface area contributed by atoms with E-state index in [-0.39, 0.29) is 24.1 Å². The molecule has 136 valence electrons. The van der Waals surface area contributed by atoms with Crippen molar-refractivity contribution in [2.24, 2.45) is 0 Å². The van der Waals surface area contributed by atoms with E-state index in [2.05, 4.69) is 19.2 Å². The van der Waals surface area contributed by atoms with Gasteiger partial charge in [0.15, 0.2) is 5.78 Å². The first-order valence-electron chi connectivity index (χ1n) is 8.57. The fourth-order valence-corrected chi connectivity index (χ4v) is 2.57. The van der Waals surface area contributed by atoms with E-state index in [1.165, 1.54) is 24.3 Å². The zero-order valence-corrected chi connectivity index (χ0v) is 15.6. The molecule has 0 bridgehead atoms. The molecule has 0 saturated carbocycles. The van der Waals surface area contributed by atoms with Gasteiger partial charge in [0, 0.05) is 23.9 Å². The first-order chi connectivity index (χ1) is 12.3. The molecule has 5 nitrogen and oxygen atoms in total. The Morgan fingerprint density at radius 1 is 1.00 bits per heavy atom. The molecule has 2 rings (SSSR count). The topological polar surface area (TPSA) is 66.5 Å². The summed E-state index contributed by atoms with van der Waals surface area (Å²) in [5, 5.41) is 2.80. The van der Waals surface area contributed by atoms with Gasteiger partial charge in [-0.1, -0.05) is 38.1 Å². The molecule has 2 aromatic carbocycles. The Bertz CT molecular complexity index is 810. The van der Waals surface area contributed by atoms with Gasteiger partial charge in [0.25, 0.3) is 0 Å². The second-order valence-corrected chi connectivity index (χ2v) is 6.54. The van der Waals surface area contributed by atoms with Gasteiger partial charge in [0.1, 0.15) is 6.54 Å². The van der Waals surface area contributed by atoms with Crippen molar-refractivity contribution in [1.29, 1.82) is 0 Å². The molecule has 0 aliphatic carbocycles. The van der Waals surface area contributed by atoms with Crippen LogP contribution in [0.4, 0.5) is 11.4 Å². The summed E-state index contributed by atoms with van der Waals surface area (Å²) in [6.45, 7) is 6.94. The van der Waals surface area contributed by atoms with Gasteiger partial charge < -0.3 is 10.2 Å². The molecule has 0 saturated heterocycles. The second kappa shape index (κ2) is 8.43. The van der Waals surface area contributed by atoms with Gasteiger partial charge in [-0.3, -0.25) is 14.4 Å².